The summed E-state index contributed by atoms with van der Waals surface area (Å²) in [6.45, 7) is 10.4. The molecule has 2 saturated heterocycles. The first kappa shape index (κ1) is 19.5. The summed E-state index contributed by atoms with van der Waals surface area (Å²) < 4.78 is 7.65. The first-order chi connectivity index (χ1) is 14.7. The predicted octanol–water partition coefficient (Wildman–Crippen LogP) is 0.986. The Balaban J connectivity index is 1.39. The van der Waals surface area contributed by atoms with Crippen LogP contribution >= 0.6 is 11.6 Å². The number of nitrogens with zero attached hydrogens (tertiary/aromatic N) is 9. The van der Waals surface area contributed by atoms with Crippen LogP contribution in [-0.4, -0.2) is 86.8 Å². The third-order valence-electron chi connectivity index (χ3n) is 5.75. The van der Waals surface area contributed by atoms with Gasteiger partial charge in [-0.1, -0.05) is 0 Å². The van der Waals surface area contributed by atoms with Crippen LogP contribution in [0.1, 0.15) is 12.7 Å². The van der Waals surface area contributed by atoms with E-state index in [1.165, 1.54) is 0 Å². The lowest BCUT2D eigenvalue weighted by atomic mass is 10.3. The zero-order chi connectivity index (χ0) is 20.5. The van der Waals surface area contributed by atoms with Gasteiger partial charge in [0.25, 0.3) is 0 Å². The molecule has 10 nitrogen and oxygen atoms in total. The van der Waals surface area contributed by atoms with Gasteiger partial charge >= 0.3 is 0 Å². The highest BCUT2D eigenvalue weighted by Crippen LogP contribution is 2.27. The number of piperazine rings is 1. The monoisotopic (exact) mass is 431 g/mol. The molecular formula is C19H26ClN9O. The first-order valence-corrected chi connectivity index (χ1v) is 10.8. The molecule has 0 amide bonds. The highest BCUT2D eigenvalue weighted by Gasteiger charge is 2.24. The Hall–Kier alpha value is -2.43. The average molecular weight is 432 g/mol. The maximum atomic E-state index is 6.29. The van der Waals surface area contributed by atoms with Gasteiger partial charge in [0.1, 0.15) is 5.82 Å². The average Bonchev–Trinajstić information content (AvgIpc) is 3.42. The van der Waals surface area contributed by atoms with E-state index in [-0.39, 0.29) is 5.28 Å². The number of fused-ring (bicyclic) bond motifs is 1. The molecule has 0 aromatic carbocycles. The minimum Gasteiger partial charge on any atom is -0.378 e. The van der Waals surface area contributed by atoms with E-state index in [1.54, 1.807) is 0 Å². The summed E-state index contributed by atoms with van der Waals surface area (Å²) in [7, 11) is 0. The van der Waals surface area contributed by atoms with Crippen LogP contribution in [0.15, 0.2) is 18.5 Å². The molecule has 11 heteroatoms. The standard InChI is InChI=1S/C19H26ClN9O/c1-2-28-15(14-25-6-8-27(9-7-25)29-5-3-4-21-29)22-16-17(23-19(20)24-18(16)28)26-10-12-30-13-11-26/h3-5H,2,6-14H2,1H3. The molecule has 5 heterocycles. The number of anilines is 1. The fourth-order valence-electron chi connectivity index (χ4n) is 4.18. The number of ether oxygens (including phenoxy) is 1. The fourth-order valence-corrected chi connectivity index (χ4v) is 4.34. The van der Waals surface area contributed by atoms with Crippen LogP contribution in [0, 0.1) is 0 Å². The Morgan fingerprint density at radius 2 is 1.83 bits per heavy atom. The lowest BCUT2D eigenvalue weighted by Crippen LogP contribution is -2.51. The van der Waals surface area contributed by atoms with Crippen LogP contribution < -0.4 is 9.91 Å². The van der Waals surface area contributed by atoms with Crippen LogP contribution in [0.25, 0.3) is 11.2 Å². The number of hydrogen-bond donors (Lipinski definition) is 0. The molecular weight excluding hydrogens is 406 g/mol. The molecule has 0 radical (unpaired) electrons. The number of hydrogen-bond acceptors (Lipinski definition) is 8. The quantitative estimate of drug-likeness (QED) is 0.553. The van der Waals surface area contributed by atoms with Crippen LogP contribution in [0.3, 0.4) is 0 Å². The van der Waals surface area contributed by atoms with Gasteiger partial charge in [0.2, 0.25) is 5.28 Å². The first-order valence-electron chi connectivity index (χ1n) is 10.5. The smallest absolute Gasteiger partial charge is 0.226 e. The molecule has 160 valence electrons. The van der Waals surface area contributed by atoms with Crippen molar-refractivity contribution >= 4 is 28.6 Å². The predicted molar refractivity (Wildman–Crippen MR) is 114 cm³/mol. The van der Waals surface area contributed by atoms with E-state index in [0.717, 1.165) is 75.2 Å². The van der Waals surface area contributed by atoms with Gasteiger partial charge < -0.3 is 14.2 Å². The molecule has 0 bridgehead atoms. The SMILES string of the molecule is CCn1c(CN2CCN(n3cccn3)CC2)nc2c(N3CCOCC3)nc(Cl)nc21. The Kier molecular flexibility index (Phi) is 5.45. The van der Waals surface area contributed by atoms with Gasteiger partial charge in [-0.15, -0.1) is 0 Å². The van der Waals surface area contributed by atoms with Gasteiger partial charge in [-0.25, -0.2) is 4.98 Å². The fraction of sp³-hybridized carbons (Fsp3) is 0.579. The zero-order valence-corrected chi connectivity index (χ0v) is 17.9. The van der Waals surface area contributed by atoms with E-state index >= 15 is 0 Å². The van der Waals surface area contributed by atoms with Crippen LogP contribution in [0.5, 0.6) is 0 Å². The van der Waals surface area contributed by atoms with Gasteiger partial charge in [0.05, 0.1) is 26.0 Å². The summed E-state index contributed by atoms with van der Waals surface area (Å²) in [5.74, 6) is 1.82. The van der Waals surface area contributed by atoms with E-state index in [1.807, 2.05) is 23.3 Å². The topological polar surface area (TPSA) is 80.4 Å². The molecule has 2 aliphatic heterocycles. The third kappa shape index (κ3) is 3.70. The summed E-state index contributed by atoms with van der Waals surface area (Å²) >= 11 is 6.29. The third-order valence-corrected chi connectivity index (χ3v) is 5.92. The molecule has 5 rings (SSSR count). The van der Waals surface area contributed by atoms with Crippen LogP contribution in [0.4, 0.5) is 5.82 Å². The minimum atomic E-state index is 0.262. The number of aromatic nitrogens is 6. The van der Waals surface area contributed by atoms with Crippen molar-refractivity contribution in [3.8, 4) is 0 Å². The Bertz CT molecular complexity index is 991. The molecule has 3 aromatic heterocycles. The van der Waals surface area contributed by atoms with Gasteiger partial charge in [0, 0.05) is 52.0 Å². The van der Waals surface area contributed by atoms with Crippen LogP contribution in [0.2, 0.25) is 5.28 Å². The molecule has 0 spiro atoms. The number of imidazole rings is 1. The largest absolute Gasteiger partial charge is 0.378 e. The number of morpholine rings is 1. The number of rotatable bonds is 5. The Morgan fingerprint density at radius 3 is 2.53 bits per heavy atom. The van der Waals surface area contributed by atoms with Crippen molar-refractivity contribution in [3.05, 3.63) is 29.6 Å². The molecule has 0 saturated carbocycles. The number of aryl methyl sites for hydroxylation is 1. The van der Waals surface area contributed by atoms with Crippen molar-refractivity contribution in [2.24, 2.45) is 0 Å². The van der Waals surface area contributed by atoms with Crippen molar-refractivity contribution in [2.75, 3.05) is 62.4 Å². The van der Waals surface area contributed by atoms with Gasteiger partial charge in [-0.3, -0.25) is 9.91 Å². The molecule has 2 aliphatic rings. The molecule has 0 unspecified atom stereocenters. The normalized spacial score (nSPS) is 18.5. The van der Waals surface area contributed by atoms with E-state index in [4.69, 9.17) is 21.3 Å². The molecule has 0 atom stereocenters. The van der Waals surface area contributed by atoms with E-state index < -0.39 is 0 Å². The van der Waals surface area contributed by atoms with Crippen molar-refractivity contribution in [1.82, 2.24) is 34.3 Å². The van der Waals surface area contributed by atoms with Gasteiger partial charge in [-0.2, -0.15) is 19.9 Å². The molecule has 0 aliphatic carbocycles. The molecule has 3 aromatic rings. The maximum absolute atomic E-state index is 6.29. The summed E-state index contributed by atoms with van der Waals surface area (Å²) in [5, 5.41) is 6.85. The van der Waals surface area contributed by atoms with Gasteiger partial charge in [-0.05, 0) is 24.6 Å². The van der Waals surface area contributed by atoms with Crippen molar-refractivity contribution in [2.45, 2.75) is 20.0 Å². The second-order valence-corrected chi connectivity index (χ2v) is 7.85. The highest BCUT2D eigenvalue weighted by molar-refractivity contribution is 6.28. The molecule has 0 N–H and O–H groups in total. The van der Waals surface area contributed by atoms with Crippen molar-refractivity contribution < 1.29 is 4.74 Å². The van der Waals surface area contributed by atoms with Gasteiger partial charge in [0.15, 0.2) is 17.0 Å². The lowest BCUT2D eigenvalue weighted by molar-refractivity contribution is 0.122. The highest BCUT2D eigenvalue weighted by atomic mass is 35.5. The molecule has 30 heavy (non-hydrogen) atoms. The Labute approximate surface area is 180 Å². The Morgan fingerprint density at radius 1 is 1.03 bits per heavy atom. The van der Waals surface area contributed by atoms with E-state index in [9.17, 15) is 0 Å². The summed E-state index contributed by atoms with van der Waals surface area (Å²) in [6, 6.07) is 1.95. The van der Waals surface area contributed by atoms with E-state index in [2.05, 4.69) is 41.4 Å². The number of halogens is 1. The lowest BCUT2D eigenvalue weighted by Gasteiger charge is -2.35. The van der Waals surface area contributed by atoms with Crippen LogP contribution in [-0.2, 0) is 17.8 Å². The summed E-state index contributed by atoms with van der Waals surface area (Å²) in [5.41, 5.74) is 1.64. The second kappa shape index (κ2) is 8.37. The van der Waals surface area contributed by atoms with Crippen molar-refractivity contribution in [3.63, 3.8) is 0 Å². The van der Waals surface area contributed by atoms with Crippen molar-refractivity contribution in [1.29, 1.82) is 0 Å². The van der Waals surface area contributed by atoms with E-state index in [0.29, 0.717) is 13.2 Å². The summed E-state index contributed by atoms with van der Waals surface area (Å²) in [6.07, 6.45) is 3.80. The molecule has 2 fully saturated rings. The maximum Gasteiger partial charge on any atom is 0.226 e. The second-order valence-electron chi connectivity index (χ2n) is 7.52. The zero-order valence-electron chi connectivity index (χ0n) is 17.1. The summed E-state index contributed by atoms with van der Waals surface area (Å²) in [4.78, 5) is 20.6. The minimum absolute atomic E-state index is 0.262.